The van der Waals surface area contributed by atoms with Gasteiger partial charge in [0.2, 0.25) is 5.91 Å². The summed E-state index contributed by atoms with van der Waals surface area (Å²) in [5.74, 6) is -0.426. The number of benzene rings is 2. The molecule has 0 bridgehead atoms. The molecular formula is C27H37NO4. The van der Waals surface area contributed by atoms with E-state index in [1.165, 1.54) is 0 Å². The molecule has 0 saturated heterocycles. The van der Waals surface area contributed by atoms with Gasteiger partial charge < -0.3 is 15.2 Å². The SMILES string of the molecule is CCC(CCCOC)CC(C)(Cc1ccc(CC(=O)NCc2ccccc2)cc1)C(=O)O. The number of carbonyl (C=O) groups is 2. The quantitative estimate of drug-likeness (QED) is 0.405. The van der Waals surface area contributed by atoms with Crippen molar-refractivity contribution in [3.63, 3.8) is 0 Å². The molecule has 0 aliphatic heterocycles. The lowest BCUT2D eigenvalue weighted by Crippen LogP contribution is -2.32. The van der Waals surface area contributed by atoms with E-state index in [4.69, 9.17) is 4.74 Å². The second-order valence-corrected chi connectivity index (χ2v) is 8.91. The fourth-order valence-electron chi connectivity index (χ4n) is 4.11. The van der Waals surface area contributed by atoms with Crippen LogP contribution in [0.2, 0.25) is 0 Å². The average molecular weight is 440 g/mol. The third-order valence-corrected chi connectivity index (χ3v) is 6.11. The summed E-state index contributed by atoms with van der Waals surface area (Å²) in [6.45, 7) is 5.19. The maximum absolute atomic E-state index is 12.3. The van der Waals surface area contributed by atoms with E-state index in [1.54, 1.807) is 7.11 Å². The first-order valence-corrected chi connectivity index (χ1v) is 11.5. The number of carboxylic acid groups (broad SMARTS) is 1. The van der Waals surface area contributed by atoms with Gasteiger partial charge in [-0.15, -0.1) is 0 Å². The largest absolute Gasteiger partial charge is 0.481 e. The minimum atomic E-state index is -0.817. The van der Waals surface area contributed by atoms with Crippen molar-refractivity contribution in [1.29, 1.82) is 0 Å². The predicted molar refractivity (Wildman–Crippen MR) is 127 cm³/mol. The Hall–Kier alpha value is -2.66. The Morgan fingerprint density at radius 3 is 2.28 bits per heavy atom. The number of aliphatic carboxylic acids is 1. The van der Waals surface area contributed by atoms with Gasteiger partial charge in [0.05, 0.1) is 11.8 Å². The van der Waals surface area contributed by atoms with E-state index < -0.39 is 11.4 Å². The van der Waals surface area contributed by atoms with Gasteiger partial charge in [0.1, 0.15) is 0 Å². The van der Waals surface area contributed by atoms with Gasteiger partial charge in [0.25, 0.3) is 0 Å². The third-order valence-electron chi connectivity index (χ3n) is 6.11. The van der Waals surface area contributed by atoms with E-state index in [0.717, 1.165) is 36.0 Å². The fraction of sp³-hybridized carbons (Fsp3) is 0.481. The highest BCUT2D eigenvalue weighted by molar-refractivity contribution is 5.78. The van der Waals surface area contributed by atoms with Crippen LogP contribution in [-0.4, -0.2) is 30.7 Å². The van der Waals surface area contributed by atoms with Crippen LogP contribution in [0.4, 0.5) is 0 Å². The van der Waals surface area contributed by atoms with Crippen LogP contribution in [0.25, 0.3) is 0 Å². The van der Waals surface area contributed by atoms with E-state index in [-0.39, 0.29) is 5.91 Å². The zero-order valence-corrected chi connectivity index (χ0v) is 19.6. The molecule has 2 atom stereocenters. The van der Waals surface area contributed by atoms with Crippen molar-refractivity contribution in [2.75, 3.05) is 13.7 Å². The number of carbonyl (C=O) groups excluding carboxylic acids is 1. The summed E-state index contributed by atoms with van der Waals surface area (Å²) in [5.41, 5.74) is 2.15. The molecule has 0 heterocycles. The molecule has 1 amide bonds. The van der Waals surface area contributed by atoms with Gasteiger partial charge in [-0.25, -0.2) is 0 Å². The fourth-order valence-corrected chi connectivity index (χ4v) is 4.11. The van der Waals surface area contributed by atoms with Gasteiger partial charge in [-0.1, -0.05) is 67.9 Å². The second-order valence-electron chi connectivity index (χ2n) is 8.91. The molecule has 2 aromatic carbocycles. The lowest BCUT2D eigenvalue weighted by Gasteiger charge is -2.29. The van der Waals surface area contributed by atoms with Crippen molar-refractivity contribution in [2.24, 2.45) is 11.3 Å². The maximum atomic E-state index is 12.3. The predicted octanol–water partition coefficient (Wildman–Crippen LogP) is 5.02. The van der Waals surface area contributed by atoms with Crippen molar-refractivity contribution in [1.82, 2.24) is 5.32 Å². The third kappa shape index (κ3) is 8.46. The molecule has 32 heavy (non-hydrogen) atoms. The van der Waals surface area contributed by atoms with Gasteiger partial charge in [-0.2, -0.15) is 0 Å². The summed E-state index contributed by atoms with van der Waals surface area (Å²) in [5, 5.41) is 12.9. The molecule has 0 aromatic heterocycles. The summed E-state index contributed by atoms with van der Waals surface area (Å²) in [6, 6.07) is 17.6. The molecule has 2 unspecified atom stereocenters. The van der Waals surface area contributed by atoms with Crippen molar-refractivity contribution >= 4 is 11.9 Å². The zero-order chi connectivity index (χ0) is 23.4. The summed E-state index contributed by atoms with van der Waals surface area (Å²) in [7, 11) is 1.69. The Bertz CT molecular complexity index is 834. The molecule has 5 heteroatoms. The van der Waals surface area contributed by atoms with Crippen LogP contribution < -0.4 is 5.32 Å². The molecule has 2 N–H and O–H groups in total. The highest BCUT2D eigenvalue weighted by Gasteiger charge is 2.35. The molecule has 0 fully saturated rings. The van der Waals surface area contributed by atoms with Crippen LogP contribution in [0.15, 0.2) is 54.6 Å². The molecule has 0 aliphatic rings. The Morgan fingerprint density at radius 2 is 1.69 bits per heavy atom. The lowest BCUT2D eigenvalue weighted by molar-refractivity contribution is -0.149. The Kier molecular flexibility index (Phi) is 10.4. The van der Waals surface area contributed by atoms with Gasteiger partial charge >= 0.3 is 5.97 Å². The summed E-state index contributed by atoms with van der Waals surface area (Å²) >= 11 is 0. The first-order chi connectivity index (χ1) is 15.4. The molecule has 0 aliphatic carbocycles. The second kappa shape index (κ2) is 13.0. The first-order valence-electron chi connectivity index (χ1n) is 11.5. The zero-order valence-electron chi connectivity index (χ0n) is 19.6. The monoisotopic (exact) mass is 439 g/mol. The molecule has 2 rings (SSSR count). The summed E-state index contributed by atoms with van der Waals surface area (Å²) in [6.07, 6.45) is 4.32. The van der Waals surface area contributed by atoms with Crippen LogP contribution in [-0.2, 0) is 33.7 Å². The van der Waals surface area contributed by atoms with Crippen LogP contribution >= 0.6 is 0 Å². The van der Waals surface area contributed by atoms with Crippen molar-refractivity contribution < 1.29 is 19.4 Å². The lowest BCUT2D eigenvalue weighted by atomic mass is 9.74. The van der Waals surface area contributed by atoms with Gasteiger partial charge in [0.15, 0.2) is 0 Å². The van der Waals surface area contributed by atoms with Crippen LogP contribution in [0.1, 0.15) is 56.2 Å². The number of hydrogen-bond donors (Lipinski definition) is 2. The standard InChI is InChI=1S/C27H37NO4/c1-4-21(11-8-16-32-3)18-27(2,26(30)31)19-23-14-12-22(13-15-23)17-25(29)28-20-24-9-6-5-7-10-24/h5-7,9-10,12-15,21H,4,8,11,16-20H2,1-3H3,(H,28,29)(H,30,31). The smallest absolute Gasteiger partial charge is 0.309 e. The number of hydrogen-bond acceptors (Lipinski definition) is 3. The van der Waals surface area contributed by atoms with E-state index in [2.05, 4.69) is 12.2 Å². The summed E-state index contributed by atoms with van der Waals surface area (Å²) in [4.78, 5) is 24.4. The summed E-state index contributed by atoms with van der Waals surface area (Å²) < 4.78 is 5.14. The maximum Gasteiger partial charge on any atom is 0.309 e. The Balaban J connectivity index is 1.92. The minimum Gasteiger partial charge on any atom is -0.481 e. The van der Waals surface area contributed by atoms with Gasteiger partial charge in [0, 0.05) is 20.3 Å². The van der Waals surface area contributed by atoms with Crippen molar-refractivity contribution in [2.45, 2.75) is 58.9 Å². The Labute approximate surface area is 192 Å². The highest BCUT2D eigenvalue weighted by Crippen LogP contribution is 2.34. The van der Waals surface area contributed by atoms with Gasteiger partial charge in [-0.05, 0) is 55.2 Å². The van der Waals surface area contributed by atoms with Crippen LogP contribution in [0, 0.1) is 11.3 Å². The van der Waals surface area contributed by atoms with E-state index >= 15 is 0 Å². The number of ether oxygens (including phenoxy) is 1. The normalized spacial score (nSPS) is 13.8. The molecule has 2 aromatic rings. The molecular weight excluding hydrogens is 402 g/mol. The van der Waals surface area contributed by atoms with Crippen molar-refractivity contribution in [3.05, 3.63) is 71.3 Å². The molecule has 0 saturated carbocycles. The number of rotatable bonds is 14. The minimum absolute atomic E-state index is 0.0289. The van der Waals surface area contributed by atoms with Crippen LogP contribution in [0.3, 0.4) is 0 Å². The Morgan fingerprint density at radius 1 is 1.03 bits per heavy atom. The van der Waals surface area contributed by atoms with E-state index in [9.17, 15) is 14.7 Å². The molecule has 174 valence electrons. The number of nitrogens with one attached hydrogen (secondary N) is 1. The molecule has 0 radical (unpaired) electrons. The van der Waals surface area contributed by atoms with Gasteiger partial charge in [-0.3, -0.25) is 9.59 Å². The number of amides is 1. The van der Waals surface area contributed by atoms with Crippen molar-refractivity contribution in [3.8, 4) is 0 Å². The average Bonchev–Trinajstić information content (AvgIpc) is 2.79. The highest BCUT2D eigenvalue weighted by atomic mass is 16.5. The molecule has 0 spiro atoms. The topological polar surface area (TPSA) is 75.6 Å². The van der Waals surface area contributed by atoms with Crippen LogP contribution in [0.5, 0.6) is 0 Å². The molecule has 5 nitrogen and oxygen atoms in total. The van der Waals surface area contributed by atoms with E-state index in [1.807, 2.05) is 61.5 Å². The van der Waals surface area contributed by atoms with E-state index in [0.29, 0.717) is 38.3 Å². The number of methoxy groups -OCH3 is 1. The number of carboxylic acids is 1. The first kappa shape index (κ1) is 25.6.